The largest absolute Gasteiger partial charge is 0.465 e. The first-order chi connectivity index (χ1) is 16.0. The minimum Gasteiger partial charge on any atom is -0.465 e. The molecule has 3 aromatic rings. The third kappa shape index (κ3) is 5.64. The summed E-state index contributed by atoms with van der Waals surface area (Å²) in [6.07, 6.45) is 0.798. The average Bonchev–Trinajstić information content (AvgIpc) is 3.27. The van der Waals surface area contributed by atoms with E-state index in [0.29, 0.717) is 29.0 Å². The van der Waals surface area contributed by atoms with Crippen LogP contribution in [0.3, 0.4) is 0 Å². The molecule has 2 N–H and O–H groups in total. The maximum absolute atomic E-state index is 12.2. The molecular weight excluding hydrogens is 478 g/mol. The number of hydrogen-bond acceptors (Lipinski definition) is 6. The molecule has 1 aliphatic carbocycles. The summed E-state index contributed by atoms with van der Waals surface area (Å²) in [7, 11) is 0. The summed E-state index contributed by atoms with van der Waals surface area (Å²) in [6, 6.07) is 5.02. The van der Waals surface area contributed by atoms with Gasteiger partial charge in [0.25, 0.3) is 0 Å². The minimum atomic E-state index is -1.11. The molecule has 3 heterocycles. The van der Waals surface area contributed by atoms with Crippen LogP contribution in [0.1, 0.15) is 62.7 Å². The Balaban J connectivity index is 1.69. The first-order valence-corrected chi connectivity index (χ1v) is 12.4. The molecule has 1 aliphatic rings. The molecule has 1 saturated carbocycles. The van der Waals surface area contributed by atoms with Gasteiger partial charge in [-0.25, -0.2) is 14.6 Å². The number of halogens is 1. The van der Waals surface area contributed by atoms with Gasteiger partial charge in [0.1, 0.15) is 22.0 Å². The second-order valence-corrected chi connectivity index (χ2v) is 11.0. The van der Waals surface area contributed by atoms with Crippen molar-refractivity contribution in [2.45, 2.75) is 71.1 Å². The van der Waals surface area contributed by atoms with Crippen molar-refractivity contribution in [3.8, 4) is 0 Å². The van der Waals surface area contributed by atoms with Crippen molar-refractivity contribution in [2.75, 3.05) is 4.90 Å². The fraction of sp³-hybridized carbons (Fsp3) is 0.458. The van der Waals surface area contributed by atoms with Crippen molar-refractivity contribution in [1.29, 1.82) is 0 Å². The van der Waals surface area contributed by atoms with Crippen molar-refractivity contribution in [1.82, 2.24) is 10.3 Å². The summed E-state index contributed by atoms with van der Waals surface area (Å²) < 4.78 is 11.6. The first-order valence-electron chi connectivity index (χ1n) is 11.2. The number of carbonyl (C=O) groups is 2. The predicted octanol–water partition coefficient (Wildman–Crippen LogP) is 6.56. The van der Waals surface area contributed by atoms with Crippen LogP contribution in [0.4, 0.5) is 15.3 Å². The quantitative estimate of drug-likeness (QED) is 0.352. The maximum atomic E-state index is 12.2. The molecule has 0 saturated heterocycles. The van der Waals surface area contributed by atoms with Crippen LogP contribution in [-0.4, -0.2) is 33.9 Å². The topological polar surface area (TPSA) is 105 Å². The molecule has 1 fully saturated rings. The van der Waals surface area contributed by atoms with Crippen LogP contribution in [0.15, 0.2) is 28.0 Å². The summed E-state index contributed by atoms with van der Waals surface area (Å²) >= 11 is 7.83. The molecule has 182 valence electrons. The second kappa shape index (κ2) is 9.46. The Morgan fingerprint density at radius 1 is 1.41 bits per heavy atom. The minimum absolute atomic E-state index is 0.174. The lowest BCUT2D eigenvalue weighted by Crippen LogP contribution is -2.38. The van der Waals surface area contributed by atoms with Gasteiger partial charge in [-0.3, -0.25) is 4.90 Å². The Morgan fingerprint density at radius 3 is 2.74 bits per heavy atom. The van der Waals surface area contributed by atoms with Gasteiger partial charge in [-0.15, -0.1) is 11.3 Å². The van der Waals surface area contributed by atoms with E-state index in [9.17, 15) is 14.7 Å². The van der Waals surface area contributed by atoms with Gasteiger partial charge in [-0.2, -0.15) is 0 Å². The fourth-order valence-electron chi connectivity index (χ4n) is 3.88. The van der Waals surface area contributed by atoms with E-state index >= 15 is 0 Å². The van der Waals surface area contributed by atoms with Crippen molar-refractivity contribution < 1.29 is 23.8 Å². The summed E-state index contributed by atoms with van der Waals surface area (Å²) in [5.41, 5.74) is 1.68. The van der Waals surface area contributed by atoms with Gasteiger partial charge in [-0.05, 0) is 57.9 Å². The molecule has 0 aromatic carbocycles. The predicted molar refractivity (Wildman–Crippen MR) is 132 cm³/mol. The van der Waals surface area contributed by atoms with Crippen molar-refractivity contribution >= 4 is 51.9 Å². The highest BCUT2D eigenvalue weighted by molar-refractivity contribution is 7.09. The summed E-state index contributed by atoms with van der Waals surface area (Å²) in [5, 5.41) is 14.9. The van der Waals surface area contributed by atoms with Crippen molar-refractivity contribution in [3.63, 3.8) is 0 Å². The molecule has 10 heteroatoms. The molecule has 1 unspecified atom stereocenters. The molecule has 8 nitrogen and oxygen atoms in total. The number of amides is 2. The number of fused-ring (bicyclic) bond motifs is 1. The van der Waals surface area contributed by atoms with E-state index < -0.39 is 17.8 Å². The van der Waals surface area contributed by atoms with E-state index in [0.717, 1.165) is 23.3 Å². The highest BCUT2D eigenvalue weighted by Gasteiger charge is 2.34. The molecule has 0 spiro atoms. The smallest absolute Gasteiger partial charge is 0.412 e. The van der Waals surface area contributed by atoms with E-state index in [4.69, 9.17) is 20.8 Å². The number of hydrogen-bond donors (Lipinski definition) is 2. The number of nitrogens with zero attached hydrogens (tertiary/aromatic N) is 2. The standard InChI is InChI=1S/C24H28ClN3O5S/c1-13(26-22(29)33-24(2,3)4)10-17-19(14-7-8-14)20-21(32-17)16(11-18(25)27-20)28(23(30)31)12-15-6-5-9-34-15/h5-6,9,11,13-14H,7-8,10,12H2,1-4H3,(H,26,29)(H,30,31). The number of ether oxygens (including phenoxy) is 1. The number of alkyl carbamates (subject to hydrolysis) is 1. The molecule has 3 aromatic heterocycles. The molecule has 2 amide bonds. The summed E-state index contributed by atoms with van der Waals surface area (Å²) in [6.45, 7) is 7.47. The Bertz CT molecular complexity index is 1200. The Morgan fingerprint density at radius 2 is 2.15 bits per heavy atom. The van der Waals surface area contributed by atoms with Gasteiger partial charge in [0.2, 0.25) is 0 Å². The van der Waals surface area contributed by atoms with Gasteiger partial charge in [0, 0.05) is 29.0 Å². The normalized spacial score (nSPS) is 14.7. The zero-order valence-electron chi connectivity index (χ0n) is 19.6. The highest BCUT2D eigenvalue weighted by Crippen LogP contribution is 2.48. The lowest BCUT2D eigenvalue weighted by molar-refractivity contribution is 0.0507. The van der Waals surface area contributed by atoms with Crippen molar-refractivity contribution in [2.24, 2.45) is 0 Å². The Labute approximate surface area is 206 Å². The highest BCUT2D eigenvalue weighted by atomic mass is 35.5. The van der Waals surface area contributed by atoms with Crippen LogP contribution in [0.25, 0.3) is 11.1 Å². The maximum Gasteiger partial charge on any atom is 0.412 e. The lowest BCUT2D eigenvalue weighted by atomic mass is 10.0. The van der Waals surface area contributed by atoms with Gasteiger partial charge in [0.15, 0.2) is 5.58 Å². The molecule has 0 aliphatic heterocycles. The zero-order valence-corrected chi connectivity index (χ0v) is 21.1. The molecular formula is C24H28ClN3O5S. The molecule has 1 atom stereocenters. The number of aromatic nitrogens is 1. The fourth-order valence-corrected chi connectivity index (χ4v) is 4.76. The lowest BCUT2D eigenvalue weighted by Gasteiger charge is -2.21. The number of carbonyl (C=O) groups excluding carboxylic acids is 1. The number of pyridine rings is 1. The van der Waals surface area contributed by atoms with Crippen LogP contribution in [0.5, 0.6) is 0 Å². The van der Waals surface area contributed by atoms with Crippen LogP contribution in [0, 0.1) is 0 Å². The molecule has 4 rings (SSSR count). The van der Waals surface area contributed by atoms with Gasteiger partial charge >= 0.3 is 12.2 Å². The third-order valence-corrected chi connectivity index (χ3v) is 6.41. The number of anilines is 1. The van der Waals surface area contributed by atoms with Crippen LogP contribution in [-0.2, 0) is 17.7 Å². The van der Waals surface area contributed by atoms with Crippen molar-refractivity contribution in [3.05, 3.63) is 44.9 Å². The Kier molecular flexibility index (Phi) is 6.78. The van der Waals surface area contributed by atoms with E-state index in [-0.39, 0.29) is 23.7 Å². The Hall–Kier alpha value is -2.78. The third-order valence-electron chi connectivity index (χ3n) is 5.36. The molecule has 0 radical (unpaired) electrons. The van der Waals surface area contributed by atoms with E-state index in [1.54, 1.807) is 0 Å². The number of nitrogens with one attached hydrogen (secondary N) is 1. The second-order valence-electron chi connectivity index (χ2n) is 9.55. The number of rotatable bonds is 7. The SMILES string of the molecule is CC(Cc1oc2c(N(Cc3cccs3)C(=O)O)cc(Cl)nc2c1C1CC1)NC(=O)OC(C)(C)C. The molecule has 0 bridgehead atoms. The van der Waals surface area contributed by atoms with Gasteiger partial charge in [-0.1, -0.05) is 17.7 Å². The van der Waals surface area contributed by atoms with E-state index in [1.807, 2.05) is 45.2 Å². The van der Waals surface area contributed by atoms with E-state index in [1.165, 1.54) is 22.3 Å². The summed E-state index contributed by atoms with van der Waals surface area (Å²) in [5.74, 6) is 0.956. The van der Waals surface area contributed by atoms with Gasteiger partial charge < -0.3 is 19.6 Å². The zero-order chi connectivity index (χ0) is 24.6. The molecule has 34 heavy (non-hydrogen) atoms. The average molecular weight is 506 g/mol. The number of thiophene rings is 1. The van der Waals surface area contributed by atoms with Crippen LogP contribution in [0.2, 0.25) is 5.15 Å². The van der Waals surface area contributed by atoms with Crippen LogP contribution < -0.4 is 10.2 Å². The number of furan rings is 1. The van der Waals surface area contributed by atoms with E-state index in [2.05, 4.69) is 10.3 Å². The first kappa shape index (κ1) is 24.3. The monoisotopic (exact) mass is 505 g/mol. The van der Waals surface area contributed by atoms with Crippen LogP contribution >= 0.6 is 22.9 Å². The van der Waals surface area contributed by atoms with Gasteiger partial charge in [0.05, 0.1) is 12.2 Å². The number of carboxylic acid groups (broad SMARTS) is 1. The summed E-state index contributed by atoms with van der Waals surface area (Å²) in [4.78, 5) is 31.1.